The molecular weight excluding hydrogens is 443 g/mol. The molecule has 31 heavy (non-hydrogen) atoms. The van der Waals surface area contributed by atoms with Crippen LogP contribution in [0.4, 0.5) is 5.69 Å². The van der Waals surface area contributed by atoms with Crippen LogP contribution in [-0.2, 0) is 16.1 Å². The van der Waals surface area contributed by atoms with Gasteiger partial charge in [0.15, 0.2) is 5.75 Å². The molecule has 1 aliphatic rings. The number of anilines is 1. The second kappa shape index (κ2) is 9.34. The van der Waals surface area contributed by atoms with Crippen molar-refractivity contribution in [1.29, 1.82) is 0 Å². The SMILES string of the molecule is CC1(C)CCCN(Cc2cc(Oc3c(Cl)cc(NC(=O)C(=O)O)cc3Cl)ccc2O)C1. The van der Waals surface area contributed by atoms with E-state index in [1.54, 1.807) is 18.2 Å². The van der Waals surface area contributed by atoms with Crippen molar-refractivity contribution in [3.05, 3.63) is 45.9 Å². The van der Waals surface area contributed by atoms with Crippen LogP contribution >= 0.6 is 23.2 Å². The Morgan fingerprint density at radius 3 is 2.48 bits per heavy atom. The first-order valence-corrected chi connectivity index (χ1v) is 10.5. The summed E-state index contributed by atoms with van der Waals surface area (Å²) in [5, 5.41) is 21.4. The van der Waals surface area contributed by atoms with Crippen molar-refractivity contribution in [2.24, 2.45) is 5.41 Å². The standard InChI is InChI=1S/C22H24Cl2N2O5/c1-22(2)6-3-7-26(12-22)11-13-8-15(4-5-18(13)27)31-19-16(23)9-14(10-17(19)24)25-20(28)21(29)30/h4-5,8-10,27H,3,6-7,11-12H2,1-2H3,(H,25,28)(H,29,30). The van der Waals surface area contributed by atoms with Crippen molar-refractivity contribution in [3.8, 4) is 17.2 Å². The van der Waals surface area contributed by atoms with E-state index in [1.807, 2.05) is 0 Å². The van der Waals surface area contributed by atoms with Crippen LogP contribution in [0.25, 0.3) is 0 Å². The zero-order chi connectivity index (χ0) is 22.8. The first kappa shape index (κ1) is 23.2. The van der Waals surface area contributed by atoms with E-state index in [-0.39, 0.29) is 32.6 Å². The predicted octanol–water partition coefficient (Wildman–Crippen LogP) is 5.14. The summed E-state index contributed by atoms with van der Waals surface area (Å²) in [4.78, 5) is 24.3. The van der Waals surface area contributed by atoms with E-state index in [2.05, 4.69) is 24.1 Å². The Labute approximate surface area is 190 Å². The van der Waals surface area contributed by atoms with Crippen molar-refractivity contribution < 1.29 is 24.5 Å². The highest BCUT2D eigenvalue weighted by molar-refractivity contribution is 6.39. The number of carbonyl (C=O) groups is 2. The van der Waals surface area contributed by atoms with E-state index in [1.165, 1.54) is 18.6 Å². The predicted molar refractivity (Wildman–Crippen MR) is 119 cm³/mol. The number of carbonyl (C=O) groups excluding carboxylic acids is 1. The van der Waals surface area contributed by atoms with Gasteiger partial charge in [-0.15, -0.1) is 0 Å². The quantitative estimate of drug-likeness (QED) is 0.527. The molecule has 0 aliphatic carbocycles. The van der Waals surface area contributed by atoms with Gasteiger partial charge in [-0.3, -0.25) is 9.69 Å². The average molecular weight is 467 g/mol. The van der Waals surface area contributed by atoms with Crippen molar-refractivity contribution in [3.63, 3.8) is 0 Å². The summed E-state index contributed by atoms with van der Waals surface area (Å²) in [7, 11) is 0. The fourth-order valence-electron chi connectivity index (χ4n) is 3.70. The van der Waals surface area contributed by atoms with E-state index in [0.717, 1.165) is 25.1 Å². The van der Waals surface area contributed by atoms with Gasteiger partial charge in [-0.25, -0.2) is 4.79 Å². The molecule has 2 aromatic carbocycles. The highest BCUT2D eigenvalue weighted by Crippen LogP contribution is 2.40. The van der Waals surface area contributed by atoms with Crippen LogP contribution < -0.4 is 10.1 Å². The number of rotatable bonds is 5. The molecular formula is C22H24Cl2N2O5. The number of phenolic OH excluding ortho intramolecular Hbond substituents is 1. The highest BCUT2D eigenvalue weighted by atomic mass is 35.5. The van der Waals surface area contributed by atoms with Gasteiger partial charge >= 0.3 is 11.9 Å². The van der Waals surface area contributed by atoms with Gasteiger partial charge in [-0.2, -0.15) is 0 Å². The number of carboxylic acid groups (broad SMARTS) is 1. The van der Waals surface area contributed by atoms with Crippen LogP contribution in [0.15, 0.2) is 30.3 Å². The van der Waals surface area contributed by atoms with Crippen molar-refractivity contribution in [2.45, 2.75) is 33.2 Å². The highest BCUT2D eigenvalue weighted by Gasteiger charge is 2.26. The lowest BCUT2D eigenvalue weighted by molar-refractivity contribution is -0.147. The van der Waals surface area contributed by atoms with Gasteiger partial charge in [0.05, 0.1) is 10.0 Å². The Morgan fingerprint density at radius 2 is 1.87 bits per heavy atom. The van der Waals surface area contributed by atoms with Gasteiger partial charge in [0.1, 0.15) is 11.5 Å². The molecule has 1 heterocycles. The summed E-state index contributed by atoms with van der Waals surface area (Å²) >= 11 is 12.5. The van der Waals surface area contributed by atoms with Gasteiger partial charge in [-0.05, 0) is 55.1 Å². The molecule has 1 fully saturated rings. The summed E-state index contributed by atoms with van der Waals surface area (Å²) in [6.07, 6.45) is 2.29. The first-order valence-electron chi connectivity index (χ1n) is 9.79. The largest absolute Gasteiger partial charge is 0.508 e. The number of piperidine rings is 1. The van der Waals surface area contributed by atoms with Crippen LogP contribution in [0.1, 0.15) is 32.3 Å². The van der Waals surface area contributed by atoms with Crippen molar-refractivity contribution in [1.82, 2.24) is 4.90 Å². The Morgan fingerprint density at radius 1 is 1.19 bits per heavy atom. The number of amides is 1. The molecule has 0 spiro atoms. The summed E-state index contributed by atoms with van der Waals surface area (Å²) < 4.78 is 5.85. The molecule has 1 aliphatic heterocycles. The number of benzene rings is 2. The van der Waals surface area contributed by atoms with Gasteiger partial charge in [0, 0.05) is 24.3 Å². The summed E-state index contributed by atoms with van der Waals surface area (Å²) in [5.41, 5.74) is 1.10. The van der Waals surface area contributed by atoms with Crippen LogP contribution in [0, 0.1) is 5.41 Å². The second-order valence-electron chi connectivity index (χ2n) is 8.40. The smallest absolute Gasteiger partial charge is 0.394 e. The van der Waals surface area contributed by atoms with Crippen molar-refractivity contribution >= 4 is 40.8 Å². The Balaban J connectivity index is 1.78. The fraction of sp³-hybridized carbons (Fsp3) is 0.364. The van der Waals surface area contributed by atoms with Crippen LogP contribution in [-0.4, -0.2) is 40.1 Å². The minimum atomic E-state index is -1.62. The third-order valence-electron chi connectivity index (χ3n) is 5.09. The first-order chi connectivity index (χ1) is 14.5. The van der Waals surface area contributed by atoms with Crippen molar-refractivity contribution in [2.75, 3.05) is 18.4 Å². The molecule has 9 heteroatoms. The zero-order valence-corrected chi connectivity index (χ0v) is 18.8. The third-order valence-corrected chi connectivity index (χ3v) is 5.66. The van der Waals surface area contributed by atoms with Crippen LogP contribution in [0.3, 0.4) is 0 Å². The van der Waals surface area contributed by atoms with Gasteiger partial charge in [0.25, 0.3) is 0 Å². The molecule has 3 rings (SSSR count). The maximum Gasteiger partial charge on any atom is 0.394 e. The molecule has 3 N–H and O–H groups in total. The fourth-order valence-corrected chi connectivity index (χ4v) is 4.27. The maximum absolute atomic E-state index is 11.3. The molecule has 0 aromatic heterocycles. The Bertz CT molecular complexity index is 986. The van der Waals surface area contributed by atoms with E-state index >= 15 is 0 Å². The monoisotopic (exact) mass is 466 g/mol. The number of aliphatic carboxylic acids is 1. The number of phenols is 1. The molecule has 1 saturated heterocycles. The number of hydrogen-bond acceptors (Lipinski definition) is 5. The minimum absolute atomic E-state index is 0.0978. The topological polar surface area (TPSA) is 99.1 Å². The average Bonchev–Trinajstić information content (AvgIpc) is 2.66. The molecule has 0 atom stereocenters. The molecule has 1 amide bonds. The lowest BCUT2D eigenvalue weighted by Crippen LogP contribution is -2.39. The number of hydrogen-bond donors (Lipinski definition) is 3. The number of carboxylic acids is 1. The second-order valence-corrected chi connectivity index (χ2v) is 9.21. The van der Waals surface area contributed by atoms with Crippen LogP contribution in [0.5, 0.6) is 17.2 Å². The number of nitrogens with zero attached hydrogens (tertiary/aromatic N) is 1. The van der Waals surface area contributed by atoms with E-state index in [4.69, 9.17) is 33.0 Å². The van der Waals surface area contributed by atoms with Gasteiger partial charge in [-0.1, -0.05) is 37.0 Å². The molecule has 0 bridgehead atoms. The number of halogens is 2. The lowest BCUT2D eigenvalue weighted by atomic mass is 9.84. The van der Waals surface area contributed by atoms with E-state index < -0.39 is 11.9 Å². The zero-order valence-electron chi connectivity index (χ0n) is 17.2. The molecule has 7 nitrogen and oxygen atoms in total. The van der Waals surface area contributed by atoms with E-state index in [9.17, 15) is 14.7 Å². The summed E-state index contributed by atoms with van der Waals surface area (Å²) in [5.74, 6) is -2.05. The number of ether oxygens (including phenoxy) is 1. The van der Waals surface area contributed by atoms with Gasteiger partial charge in [0.2, 0.25) is 0 Å². The molecule has 0 saturated carbocycles. The molecule has 166 valence electrons. The Hall–Kier alpha value is -2.48. The molecule has 0 unspecified atom stereocenters. The number of aromatic hydroxyl groups is 1. The summed E-state index contributed by atoms with van der Waals surface area (Å²) in [6, 6.07) is 7.60. The Kier molecular flexibility index (Phi) is 6.99. The number of likely N-dealkylation sites (tertiary alicyclic amines) is 1. The number of nitrogens with one attached hydrogen (secondary N) is 1. The van der Waals surface area contributed by atoms with Crippen LogP contribution in [0.2, 0.25) is 10.0 Å². The maximum atomic E-state index is 11.3. The van der Waals surface area contributed by atoms with E-state index in [0.29, 0.717) is 12.3 Å². The molecule has 0 radical (unpaired) electrons. The van der Waals surface area contributed by atoms with Gasteiger partial charge < -0.3 is 20.3 Å². The minimum Gasteiger partial charge on any atom is -0.508 e. The third kappa shape index (κ3) is 6.03. The molecule has 2 aromatic rings. The summed E-state index contributed by atoms with van der Waals surface area (Å²) in [6.45, 7) is 6.98. The lowest BCUT2D eigenvalue weighted by Gasteiger charge is -2.38. The normalized spacial score (nSPS) is 16.0.